The van der Waals surface area contributed by atoms with Crippen molar-refractivity contribution in [3.8, 4) is 0 Å². The van der Waals surface area contributed by atoms with Crippen molar-refractivity contribution in [2.45, 2.75) is 32.6 Å². The van der Waals surface area contributed by atoms with Gasteiger partial charge in [0.1, 0.15) is 6.33 Å². The minimum Gasteiger partial charge on any atom is -0.352 e. The summed E-state index contributed by atoms with van der Waals surface area (Å²) >= 11 is 0. The van der Waals surface area contributed by atoms with Gasteiger partial charge < -0.3 is 11.1 Å². The Hall–Kier alpha value is -1.20. The molecule has 0 aromatic carbocycles. The first-order valence-corrected chi connectivity index (χ1v) is 5.95. The summed E-state index contributed by atoms with van der Waals surface area (Å²) in [4.78, 5) is 20.0. The number of aromatic nitrogens is 2. The van der Waals surface area contributed by atoms with Crippen LogP contribution in [0.5, 0.6) is 0 Å². The third-order valence-corrected chi connectivity index (χ3v) is 2.45. The Labute approximate surface area is 114 Å². The predicted octanol–water partition coefficient (Wildman–Crippen LogP) is 1.49. The van der Waals surface area contributed by atoms with Crippen LogP contribution in [0.1, 0.15) is 48.7 Å². The number of amides is 1. The zero-order chi connectivity index (χ0) is 12.7. The van der Waals surface area contributed by atoms with Gasteiger partial charge in [-0.05, 0) is 25.3 Å². The molecule has 0 radical (unpaired) electrons. The van der Waals surface area contributed by atoms with Crippen LogP contribution in [0, 0.1) is 0 Å². The molecule has 0 unspecified atom stereocenters. The summed E-state index contributed by atoms with van der Waals surface area (Å²) in [5, 5.41) is 2.85. The van der Waals surface area contributed by atoms with Crippen molar-refractivity contribution in [3.05, 3.63) is 23.8 Å². The van der Waals surface area contributed by atoms with Crippen LogP contribution in [0.3, 0.4) is 0 Å². The van der Waals surface area contributed by atoms with E-state index in [4.69, 9.17) is 5.73 Å². The summed E-state index contributed by atoms with van der Waals surface area (Å²) in [6, 6.07) is 0. The van der Waals surface area contributed by atoms with Crippen molar-refractivity contribution in [2.75, 3.05) is 13.1 Å². The number of nitrogens with two attached hydrogens (primary N) is 1. The second-order valence-corrected chi connectivity index (χ2v) is 4.23. The van der Waals surface area contributed by atoms with E-state index in [1.54, 1.807) is 6.20 Å². The monoisotopic (exact) mass is 272 g/mol. The summed E-state index contributed by atoms with van der Waals surface area (Å²) < 4.78 is 0. The number of hydrogen-bond donors (Lipinski definition) is 2. The molecule has 0 fully saturated rings. The molecule has 0 aliphatic rings. The van der Waals surface area contributed by atoms with Crippen LogP contribution in [-0.4, -0.2) is 29.0 Å². The van der Waals surface area contributed by atoms with Crippen molar-refractivity contribution in [1.82, 2.24) is 15.3 Å². The molecule has 18 heavy (non-hydrogen) atoms. The van der Waals surface area contributed by atoms with Crippen molar-refractivity contribution in [3.63, 3.8) is 0 Å². The van der Waals surface area contributed by atoms with Crippen LogP contribution in [0.4, 0.5) is 0 Å². The van der Waals surface area contributed by atoms with Gasteiger partial charge in [-0.3, -0.25) is 4.79 Å². The van der Waals surface area contributed by atoms with E-state index >= 15 is 0 Å². The van der Waals surface area contributed by atoms with E-state index in [2.05, 4.69) is 15.3 Å². The van der Waals surface area contributed by atoms with E-state index in [-0.39, 0.29) is 24.2 Å². The van der Waals surface area contributed by atoms with Crippen molar-refractivity contribution < 1.29 is 4.79 Å². The molecule has 0 saturated heterocycles. The standard InChI is InChI=1S/C12H20N4O.ClH/c1-9(2)11-10(7-14-8-16-11)12(17)15-6-4-3-5-13;/h7-9H,3-6,13H2,1-2H3,(H,15,17);1H. The van der Waals surface area contributed by atoms with E-state index in [1.807, 2.05) is 13.8 Å². The highest BCUT2D eigenvalue weighted by atomic mass is 35.5. The summed E-state index contributed by atoms with van der Waals surface area (Å²) in [6.07, 6.45) is 4.86. The van der Waals surface area contributed by atoms with Gasteiger partial charge in [0.2, 0.25) is 0 Å². The molecule has 1 heterocycles. The van der Waals surface area contributed by atoms with Crippen LogP contribution in [-0.2, 0) is 0 Å². The zero-order valence-electron chi connectivity index (χ0n) is 10.8. The Morgan fingerprint density at radius 3 is 2.78 bits per heavy atom. The first-order chi connectivity index (χ1) is 8.16. The van der Waals surface area contributed by atoms with Crippen LogP contribution in [0.15, 0.2) is 12.5 Å². The maximum atomic E-state index is 11.9. The Morgan fingerprint density at radius 2 is 2.17 bits per heavy atom. The number of nitrogens with one attached hydrogen (secondary N) is 1. The number of carbonyl (C=O) groups excluding carboxylic acids is 1. The number of carbonyl (C=O) groups is 1. The Morgan fingerprint density at radius 1 is 1.44 bits per heavy atom. The van der Waals surface area contributed by atoms with Gasteiger partial charge in [-0.15, -0.1) is 12.4 Å². The molecule has 0 atom stereocenters. The van der Waals surface area contributed by atoms with Crippen molar-refractivity contribution in [2.24, 2.45) is 5.73 Å². The number of rotatable bonds is 6. The third kappa shape index (κ3) is 4.98. The zero-order valence-corrected chi connectivity index (χ0v) is 11.7. The second-order valence-electron chi connectivity index (χ2n) is 4.23. The normalized spacial score (nSPS) is 10.0. The topological polar surface area (TPSA) is 80.9 Å². The fourth-order valence-electron chi connectivity index (χ4n) is 1.54. The van der Waals surface area contributed by atoms with E-state index in [0.29, 0.717) is 18.7 Å². The molecule has 0 bridgehead atoms. The third-order valence-electron chi connectivity index (χ3n) is 2.45. The molecule has 0 spiro atoms. The van der Waals surface area contributed by atoms with Gasteiger partial charge in [-0.25, -0.2) is 9.97 Å². The lowest BCUT2D eigenvalue weighted by Crippen LogP contribution is -2.26. The quantitative estimate of drug-likeness (QED) is 0.769. The molecule has 0 aliphatic heterocycles. The van der Waals surface area contributed by atoms with Gasteiger partial charge in [-0.1, -0.05) is 13.8 Å². The van der Waals surface area contributed by atoms with Crippen LogP contribution in [0.25, 0.3) is 0 Å². The molecule has 3 N–H and O–H groups in total. The minimum absolute atomic E-state index is 0. The first kappa shape index (κ1) is 16.8. The van der Waals surface area contributed by atoms with Crippen molar-refractivity contribution >= 4 is 18.3 Å². The highest BCUT2D eigenvalue weighted by Crippen LogP contribution is 2.15. The van der Waals surface area contributed by atoms with E-state index in [0.717, 1.165) is 18.5 Å². The molecule has 102 valence electrons. The molecule has 6 heteroatoms. The average Bonchev–Trinajstić information content (AvgIpc) is 2.34. The molecule has 0 aliphatic carbocycles. The number of halogens is 1. The SMILES string of the molecule is CC(C)c1ncncc1C(=O)NCCCCN.Cl. The molecular formula is C12H21ClN4O. The highest BCUT2D eigenvalue weighted by Gasteiger charge is 2.14. The van der Waals surface area contributed by atoms with Gasteiger partial charge >= 0.3 is 0 Å². The van der Waals surface area contributed by atoms with E-state index in [1.165, 1.54) is 6.33 Å². The molecule has 1 aromatic rings. The summed E-state index contributed by atoms with van der Waals surface area (Å²) in [5.41, 5.74) is 6.74. The lowest BCUT2D eigenvalue weighted by molar-refractivity contribution is 0.0951. The molecule has 5 nitrogen and oxygen atoms in total. The fraction of sp³-hybridized carbons (Fsp3) is 0.583. The van der Waals surface area contributed by atoms with Crippen LogP contribution in [0.2, 0.25) is 0 Å². The smallest absolute Gasteiger partial charge is 0.254 e. The van der Waals surface area contributed by atoms with Gasteiger partial charge in [0.15, 0.2) is 0 Å². The van der Waals surface area contributed by atoms with Gasteiger partial charge in [0.25, 0.3) is 5.91 Å². The number of nitrogens with zero attached hydrogens (tertiary/aromatic N) is 2. The molecular weight excluding hydrogens is 252 g/mol. The highest BCUT2D eigenvalue weighted by molar-refractivity contribution is 5.95. The number of unbranched alkanes of at least 4 members (excludes halogenated alkanes) is 1. The van der Waals surface area contributed by atoms with Gasteiger partial charge in [0.05, 0.1) is 11.3 Å². The fourth-order valence-corrected chi connectivity index (χ4v) is 1.54. The molecule has 0 saturated carbocycles. The second kappa shape index (κ2) is 8.83. The Kier molecular flexibility index (Phi) is 8.24. The Balaban J connectivity index is 0.00000289. The predicted molar refractivity (Wildman–Crippen MR) is 74.0 cm³/mol. The first-order valence-electron chi connectivity index (χ1n) is 5.95. The average molecular weight is 273 g/mol. The lowest BCUT2D eigenvalue weighted by atomic mass is 10.0. The summed E-state index contributed by atoms with van der Waals surface area (Å²) in [5.74, 6) is 0.106. The maximum Gasteiger partial charge on any atom is 0.254 e. The van der Waals surface area contributed by atoms with Gasteiger partial charge in [-0.2, -0.15) is 0 Å². The van der Waals surface area contributed by atoms with Gasteiger partial charge in [0, 0.05) is 12.7 Å². The lowest BCUT2D eigenvalue weighted by Gasteiger charge is -2.10. The van der Waals surface area contributed by atoms with E-state index < -0.39 is 0 Å². The molecule has 1 rings (SSSR count). The van der Waals surface area contributed by atoms with Crippen LogP contribution >= 0.6 is 12.4 Å². The number of hydrogen-bond acceptors (Lipinski definition) is 4. The van der Waals surface area contributed by atoms with Crippen molar-refractivity contribution in [1.29, 1.82) is 0 Å². The molecule has 1 amide bonds. The van der Waals surface area contributed by atoms with E-state index in [9.17, 15) is 4.79 Å². The largest absolute Gasteiger partial charge is 0.352 e. The van der Waals surface area contributed by atoms with Crippen LogP contribution < -0.4 is 11.1 Å². The maximum absolute atomic E-state index is 11.9. The summed E-state index contributed by atoms with van der Waals surface area (Å²) in [7, 11) is 0. The minimum atomic E-state index is -0.105. The molecule has 1 aromatic heterocycles. The Bertz CT molecular complexity index is 371. The summed E-state index contributed by atoms with van der Waals surface area (Å²) in [6.45, 7) is 5.31.